The van der Waals surface area contributed by atoms with E-state index in [4.69, 9.17) is 11.6 Å². The van der Waals surface area contributed by atoms with Crippen molar-refractivity contribution in [3.63, 3.8) is 0 Å². The normalized spacial score (nSPS) is 12.4. The maximum atomic E-state index is 13.8. The van der Waals surface area contributed by atoms with Gasteiger partial charge in [-0.2, -0.15) is 4.31 Å². The van der Waals surface area contributed by atoms with Crippen LogP contribution in [0.3, 0.4) is 0 Å². The molecule has 38 heavy (non-hydrogen) atoms. The van der Waals surface area contributed by atoms with E-state index in [2.05, 4.69) is 21.2 Å². The van der Waals surface area contributed by atoms with Crippen LogP contribution in [-0.4, -0.2) is 55.1 Å². The molecule has 2 amide bonds. The van der Waals surface area contributed by atoms with Crippen molar-refractivity contribution in [1.29, 1.82) is 0 Å². The third-order valence-corrected chi connectivity index (χ3v) is 8.45. The van der Waals surface area contributed by atoms with E-state index < -0.39 is 28.5 Å². The SMILES string of the molecule is CC(C)NC(=O)[C@@H](Cc1ccccc1)N(Cc1ccc(Br)cc1)C(=O)CN(C)S(=O)(=O)c1ccc(Cl)cc1. The first-order chi connectivity index (χ1) is 18.0. The van der Waals surface area contributed by atoms with Crippen LogP contribution >= 0.6 is 27.5 Å². The third kappa shape index (κ3) is 8.14. The van der Waals surface area contributed by atoms with Crippen LogP contribution in [-0.2, 0) is 32.6 Å². The van der Waals surface area contributed by atoms with Crippen molar-refractivity contribution in [2.45, 2.75) is 43.8 Å². The molecule has 0 aliphatic heterocycles. The van der Waals surface area contributed by atoms with Gasteiger partial charge in [0.1, 0.15) is 6.04 Å². The van der Waals surface area contributed by atoms with E-state index in [1.54, 1.807) is 0 Å². The first-order valence-corrected chi connectivity index (χ1v) is 14.7. The Hall–Kier alpha value is -2.72. The van der Waals surface area contributed by atoms with Gasteiger partial charge in [-0.15, -0.1) is 0 Å². The smallest absolute Gasteiger partial charge is 0.243 e. The molecule has 0 bridgehead atoms. The largest absolute Gasteiger partial charge is 0.352 e. The molecule has 3 aromatic carbocycles. The number of carbonyl (C=O) groups excluding carboxylic acids is 2. The summed E-state index contributed by atoms with van der Waals surface area (Å²) in [5.41, 5.74) is 1.69. The van der Waals surface area contributed by atoms with Gasteiger partial charge in [0.05, 0.1) is 11.4 Å². The third-order valence-electron chi connectivity index (χ3n) is 5.85. The lowest BCUT2D eigenvalue weighted by atomic mass is 10.0. The van der Waals surface area contributed by atoms with E-state index in [0.717, 1.165) is 19.9 Å². The van der Waals surface area contributed by atoms with Gasteiger partial charge in [-0.3, -0.25) is 9.59 Å². The molecule has 0 aliphatic carbocycles. The number of carbonyl (C=O) groups is 2. The predicted octanol–water partition coefficient (Wildman–Crippen LogP) is 4.89. The number of benzene rings is 3. The van der Waals surface area contributed by atoms with Gasteiger partial charge in [0.2, 0.25) is 21.8 Å². The summed E-state index contributed by atoms with van der Waals surface area (Å²) in [5, 5.41) is 3.33. The molecule has 1 N–H and O–H groups in total. The van der Waals surface area contributed by atoms with Gasteiger partial charge < -0.3 is 10.2 Å². The molecule has 10 heteroatoms. The molecule has 3 rings (SSSR count). The Morgan fingerprint density at radius 1 is 0.921 bits per heavy atom. The predicted molar refractivity (Wildman–Crippen MR) is 153 cm³/mol. The van der Waals surface area contributed by atoms with Crippen molar-refractivity contribution >= 4 is 49.4 Å². The maximum Gasteiger partial charge on any atom is 0.243 e. The van der Waals surface area contributed by atoms with Crippen LogP contribution in [0.2, 0.25) is 5.02 Å². The molecule has 0 heterocycles. The van der Waals surface area contributed by atoms with E-state index in [-0.39, 0.29) is 29.8 Å². The van der Waals surface area contributed by atoms with Gasteiger partial charge >= 0.3 is 0 Å². The minimum absolute atomic E-state index is 0.0232. The zero-order valence-corrected chi connectivity index (χ0v) is 24.6. The van der Waals surface area contributed by atoms with Gasteiger partial charge in [-0.05, 0) is 61.4 Å². The fourth-order valence-electron chi connectivity index (χ4n) is 3.87. The summed E-state index contributed by atoms with van der Waals surface area (Å²) in [5.74, 6) is -0.801. The fourth-order valence-corrected chi connectivity index (χ4v) is 5.38. The minimum atomic E-state index is -3.97. The Morgan fingerprint density at radius 2 is 1.53 bits per heavy atom. The first kappa shape index (κ1) is 29.8. The molecule has 0 saturated heterocycles. The molecule has 0 saturated carbocycles. The molecular formula is C28H31BrClN3O4S. The second-order valence-electron chi connectivity index (χ2n) is 9.23. The number of hydrogen-bond donors (Lipinski definition) is 1. The van der Waals surface area contributed by atoms with E-state index >= 15 is 0 Å². The van der Waals surface area contributed by atoms with Crippen molar-refractivity contribution < 1.29 is 18.0 Å². The van der Waals surface area contributed by atoms with Crippen molar-refractivity contribution in [3.8, 4) is 0 Å². The van der Waals surface area contributed by atoms with Gasteiger partial charge in [0.15, 0.2) is 0 Å². The number of hydrogen-bond acceptors (Lipinski definition) is 4. The summed E-state index contributed by atoms with van der Waals surface area (Å²) >= 11 is 9.33. The zero-order valence-electron chi connectivity index (χ0n) is 21.5. The Morgan fingerprint density at radius 3 is 2.11 bits per heavy atom. The fraction of sp³-hybridized carbons (Fsp3) is 0.286. The maximum absolute atomic E-state index is 13.8. The second kappa shape index (κ2) is 13.4. The van der Waals surface area contributed by atoms with Gasteiger partial charge in [-0.1, -0.05) is 70.0 Å². The summed E-state index contributed by atoms with van der Waals surface area (Å²) in [6.07, 6.45) is 0.273. The van der Waals surface area contributed by atoms with Crippen molar-refractivity contribution in [2.75, 3.05) is 13.6 Å². The van der Waals surface area contributed by atoms with Gasteiger partial charge in [-0.25, -0.2) is 8.42 Å². The molecule has 0 aliphatic rings. The van der Waals surface area contributed by atoms with E-state index in [9.17, 15) is 18.0 Å². The van der Waals surface area contributed by atoms with Crippen molar-refractivity contribution in [1.82, 2.24) is 14.5 Å². The molecule has 1 atom stereocenters. The quantitative estimate of drug-likeness (QED) is 0.331. The molecule has 0 aromatic heterocycles. The van der Waals surface area contributed by atoms with Crippen LogP contribution in [0.4, 0.5) is 0 Å². The highest BCUT2D eigenvalue weighted by molar-refractivity contribution is 9.10. The summed E-state index contributed by atoms with van der Waals surface area (Å²) < 4.78 is 28.2. The Kier molecular flexibility index (Phi) is 10.5. The standard InChI is InChI=1S/C28H31BrClN3O4S/c1-20(2)31-28(35)26(17-21-7-5-4-6-8-21)33(18-22-9-11-23(29)12-10-22)27(34)19-32(3)38(36,37)25-15-13-24(30)14-16-25/h4-16,20,26H,17-19H2,1-3H3,(H,31,35)/t26-/m1/s1. The lowest BCUT2D eigenvalue weighted by Crippen LogP contribution is -2.53. The van der Waals surface area contributed by atoms with Crippen LogP contribution < -0.4 is 5.32 Å². The number of nitrogens with zero attached hydrogens (tertiary/aromatic N) is 2. The first-order valence-electron chi connectivity index (χ1n) is 12.1. The Balaban J connectivity index is 1.96. The minimum Gasteiger partial charge on any atom is -0.352 e. The highest BCUT2D eigenvalue weighted by atomic mass is 79.9. The van der Waals surface area contributed by atoms with E-state index in [1.165, 1.54) is 36.2 Å². The highest BCUT2D eigenvalue weighted by Gasteiger charge is 2.33. The van der Waals surface area contributed by atoms with Crippen LogP contribution in [0, 0.1) is 0 Å². The Bertz CT molecular complexity index is 1330. The van der Waals surface area contributed by atoms with E-state index in [1.807, 2.05) is 68.4 Å². The number of likely N-dealkylation sites (N-methyl/N-ethyl adjacent to an activating group) is 1. The summed E-state index contributed by atoms with van der Waals surface area (Å²) in [6.45, 7) is 3.39. The molecule has 0 spiro atoms. The zero-order chi connectivity index (χ0) is 27.9. The average molecular weight is 621 g/mol. The molecule has 0 unspecified atom stereocenters. The number of rotatable bonds is 11. The van der Waals surface area contributed by atoms with Crippen molar-refractivity contribution in [3.05, 3.63) is 99.5 Å². The summed E-state index contributed by atoms with van der Waals surface area (Å²) in [4.78, 5) is 28.7. The number of amides is 2. The van der Waals surface area contributed by atoms with Crippen LogP contribution in [0.15, 0.2) is 88.2 Å². The molecule has 0 radical (unpaired) electrons. The molecule has 7 nitrogen and oxygen atoms in total. The number of nitrogens with one attached hydrogen (secondary N) is 1. The highest BCUT2D eigenvalue weighted by Crippen LogP contribution is 2.20. The Labute approximate surface area is 238 Å². The molecular weight excluding hydrogens is 590 g/mol. The molecule has 202 valence electrons. The lowest BCUT2D eigenvalue weighted by Gasteiger charge is -2.33. The summed E-state index contributed by atoms with van der Waals surface area (Å²) in [7, 11) is -2.62. The van der Waals surface area contributed by atoms with Crippen LogP contribution in [0.5, 0.6) is 0 Å². The van der Waals surface area contributed by atoms with Gasteiger partial charge in [0.25, 0.3) is 0 Å². The summed E-state index contributed by atoms with van der Waals surface area (Å²) in [6, 6.07) is 21.6. The average Bonchev–Trinajstić information content (AvgIpc) is 2.87. The topological polar surface area (TPSA) is 86.8 Å². The van der Waals surface area contributed by atoms with Crippen LogP contribution in [0.1, 0.15) is 25.0 Å². The molecule has 3 aromatic rings. The monoisotopic (exact) mass is 619 g/mol. The van der Waals surface area contributed by atoms with Crippen LogP contribution in [0.25, 0.3) is 0 Å². The van der Waals surface area contributed by atoms with E-state index in [0.29, 0.717) is 5.02 Å². The molecule has 0 fully saturated rings. The van der Waals surface area contributed by atoms with Gasteiger partial charge in [0, 0.05) is 35.6 Å². The van der Waals surface area contributed by atoms with Crippen molar-refractivity contribution in [2.24, 2.45) is 0 Å². The second-order valence-corrected chi connectivity index (χ2v) is 12.6. The number of sulfonamides is 1. The number of halogens is 2. The lowest BCUT2D eigenvalue weighted by molar-refractivity contribution is -0.141.